The zero-order valence-corrected chi connectivity index (χ0v) is 13.7. The summed E-state index contributed by atoms with van der Waals surface area (Å²) < 4.78 is 2.08. The van der Waals surface area contributed by atoms with Gasteiger partial charge in [-0.3, -0.25) is 9.36 Å². The molecule has 0 aliphatic heterocycles. The molecular weight excluding hydrogens is 312 g/mol. The minimum absolute atomic E-state index is 0.119. The molecule has 0 spiro atoms. The van der Waals surface area contributed by atoms with Crippen LogP contribution in [0.3, 0.4) is 0 Å². The van der Waals surface area contributed by atoms with E-state index in [0.29, 0.717) is 15.7 Å². The number of rotatable bonds is 2. The molecule has 1 aliphatic carbocycles. The molecule has 1 aromatic heterocycles. The standard InChI is InChI=1S/C17H20N2O3S/c20-15-13-9-8-11(16(21)22)10-14(13)18-17(23)19(15)12-6-4-2-1-3-5-7-12/h8-10,12H,1-7H2,(H,18,23)(H,21,22). The number of hydrogen-bond donors (Lipinski definition) is 2. The molecule has 1 heterocycles. The second kappa shape index (κ2) is 6.66. The molecule has 0 atom stereocenters. The minimum Gasteiger partial charge on any atom is -0.478 e. The number of carbonyl (C=O) groups is 1. The first kappa shape index (κ1) is 15.9. The first-order valence-corrected chi connectivity index (χ1v) is 8.50. The third-order valence-corrected chi connectivity index (χ3v) is 4.91. The van der Waals surface area contributed by atoms with Gasteiger partial charge in [0.1, 0.15) is 0 Å². The molecule has 5 nitrogen and oxygen atoms in total. The van der Waals surface area contributed by atoms with E-state index in [9.17, 15) is 9.59 Å². The molecule has 6 heteroatoms. The van der Waals surface area contributed by atoms with Crippen LogP contribution in [0.4, 0.5) is 0 Å². The van der Waals surface area contributed by atoms with Crippen LogP contribution in [-0.4, -0.2) is 20.6 Å². The second-order valence-electron chi connectivity index (χ2n) is 6.17. The van der Waals surface area contributed by atoms with Crippen molar-refractivity contribution in [2.24, 2.45) is 0 Å². The molecule has 1 saturated carbocycles. The Hall–Kier alpha value is -1.95. The van der Waals surface area contributed by atoms with Crippen LogP contribution < -0.4 is 5.56 Å². The van der Waals surface area contributed by atoms with Gasteiger partial charge in [-0.15, -0.1) is 0 Å². The quantitative estimate of drug-likeness (QED) is 0.814. The lowest BCUT2D eigenvalue weighted by Gasteiger charge is -2.22. The van der Waals surface area contributed by atoms with Crippen LogP contribution in [0.1, 0.15) is 61.3 Å². The predicted molar refractivity (Wildman–Crippen MR) is 91.7 cm³/mol. The number of H-pyrrole nitrogens is 1. The Morgan fingerprint density at radius 3 is 2.48 bits per heavy atom. The number of carboxylic acids is 1. The van der Waals surface area contributed by atoms with Gasteiger partial charge in [0.25, 0.3) is 5.56 Å². The van der Waals surface area contributed by atoms with Gasteiger partial charge in [0.05, 0.1) is 16.5 Å². The van der Waals surface area contributed by atoms with E-state index in [4.69, 9.17) is 17.3 Å². The van der Waals surface area contributed by atoms with Crippen molar-refractivity contribution in [2.45, 2.75) is 51.0 Å². The maximum Gasteiger partial charge on any atom is 0.335 e. The van der Waals surface area contributed by atoms with Crippen LogP contribution in [0.15, 0.2) is 23.0 Å². The van der Waals surface area contributed by atoms with Crippen molar-refractivity contribution in [3.05, 3.63) is 38.9 Å². The van der Waals surface area contributed by atoms with Gasteiger partial charge in [-0.05, 0) is 43.3 Å². The molecule has 0 radical (unpaired) electrons. The molecule has 0 saturated heterocycles. The molecule has 3 rings (SSSR count). The first-order chi connectivity index (χ1) is 11.1. The predicted octanol–water partition coefficient (Wildman–Crippen LogP) is 4.04. The normalized spacial score (nSPS) is 16.9. The summed E-state index contributed by atoms with van der Waals surface area (Å²) in [6, 6.07) is 4.64. The number of aromatic nitrogens is 2. The minimum atomic E-state index is -1.02. The second-order valence-corrected chi connectivity index (χ2v) is 6.56. The summed E-state index contributed by atoms with van der Waals surface area (Å²) in [6.07, 6.45) is 7.84. The maximum absolute atomic E-state index is 12.9. The van der Waals surface area contributed by atoms with Gasteiger partial charge >= 0.3 is 5.97 Å². The van der Waals surface area contributed by atoms with Crippen molar-refractivity contribution in [3.8, 4) is 0 Å². The SMILES string of the molecule is O=C(O)c1ccc2c(=O)n(C3CCCCCCC3)c(=S)[nH]c2c1. The Labute approximate surface area is 139 Å². The van der Waals surface area contributed by atoms with Crippen LogP contribution in [0.2, 0.25) is 0 Å². The molecule has 1 fully saturated rings. The highest BCUT2D eigenvalue weighted by Crippen LogP contribution is 2.26. The number of nitrogens with one attached hydrogen (secondary N) is 1. The van der Waals surface area contributed by atoms with Gasteiger partial charge < -0.3 is 10.1 Å². The van der Waals surface area contributed by atoms with Gasteiger partial charge in [0.15, 0.2) is 4.77 Å². The third kappa shape index (κ3) is 3.22. The van der Waals surface area contributed by atoms with E-state index in [0.717, 1.165) is 25.7 Å². The number of aromatic amines is 1. The number of benzene rings is 1. The first-order valence-electron chi connectivity index (χ1n) is 8.10. The topological polar surface area (TPSA) is 75.1 Å². The average molecular weight is 332 g/mol. The molecule has 1 aromatic carbocycles. The van der Waals surface area contributed by atoms with E-state index >= 15 is 0 Å². The van der Waals surface area contributed by atoms with Crippen molar-refractivity contribution >= 4 is 29.1 Å². The summed E-state index contributed by atoms with van der Waals surface area (Å²) in [7, 11) is 0. The summed E-state index contributed by atoms with van der Waals surface area (Å²) in [5.74, 6) is -1.02. The maximum atomic E-state index is 12.9. The van der Waals surface area contributed by atoms with Crippen molar-refractivity contribution in [3.63, 3.8) is 0 Å². The molecular formula is C17H20N2O3S. The molecule has 1 aliphatic rings. The third-order valence-electron chi connectivity index (χ3n) is 4.62. The fourth-order valence-corrected chi connectivity index (χ4v) is 3.73. The van der Waals surface area contributed by atoms with E-state index in [1.165, 1.54) is 31.4 Å². The van der Waals surface area contributed by atoms with E-state index in [1.807, 2.05) is 0 Å². The molecule has 2 N–H and O–H groups in total. The summed E-state index contributed by atoms with van der Waals surface area (Å²) in [5.41, 5.74) is 0.513. The molecule has 0 bridgehead atoms. The van der Waals surface area contributed by atoms with Crippen molar-refractivity contribution in [1.82, 2.24) is 9.55 Å². The van der Waals surface area contributed by atoms with Crippen molar-refractivity contribution in [2.75, 3.05) is 0 Å². The van der Waals surface area contributed by atoms with Gasteiger partial charge in [-0.25, -0.2) is 4.79 Å². The van der Waals surface area contributed by atoms with Gasteiger partial charge in [-0.2, -0.15) is 0 Å². The number of carboxylic acid groups (broad SMARTS) is 1. The fourth-order valence-electron chi connectivity index (χ4n) is 3.39. The molecule has 0 unspecified atom stereocenters. The van der Waals surface area contributed by atoms with Crippen LogP contribution in [0, 0.1) is 4.77 Å². The van der Waals surface area contributed by atoms with Gasteiger partial charge in [-0.1, -0.05) is 32.1 Å². The average Bonchev–Trinajstić information content (AvgIpc) is 2.48. The van der Waals surface area contributed by atoms with Crippen molar-refractivity contribution < 1.29 is 9.90 Å². The van der Waals surface area contributed by atoms with Crippen LogP contribution in [0.25, 0.3) is 10.9 Å². The smallest absolute Gasteiger partial charge is 0.335 e. The Balaban J connectivity index is 2.10. The summed E-state index contributed by atoms with van der Waals surface area (Å²) in [5, 5.41) is 9.57. The largest absolute Gasteiger partial charge is 0.478 e. The Kier molecular flexibility index (Phi) is 4.61. The van der Waals surface area contributed by atoms with Gasteiger partial charge in [0.2, 0.25) is 0 Å². The molecule has 122 valence electrons. The van der Waals surface area contributed by atoms with E-state index in [-0.39, 0.29) is 17.2 Å². The highest BCUT2D eigenvalue weighted by Gasteiger charge is 2.18. The lowest BCUT2D eigenvalue weighted by atomic mass is 9.96. The zero-order chi connectivity index (χ0) is 16.4. The van der Waals surface area contributed by atoms with E-state index in [2.05, 4.69) is 4.98 Å². The van der Waals surface area contributed by atoms with Crippen LogP contribution in [-0.2, 0) is 0 Å². The molecule has 2 aromatic rings. The summed E-state index contributed by atoms with van der Waals surface area (Å²) in [6.45, 7) is 0. The van der Waals surface area contributed by atoms with Crippen molar-refractivity contribution in [1.29, 1.82) is 0 Å². The van der Waals surface area contributed by atoms with E-state index in [1.54, 1.807) is 10.6 Å². The van der Waals surface area contributed by atoms with Crippen LogP contribution >= 0.6 is 12.2 Å². The van der Waals surface area contributed by atoms with E-state index < -0.39 is 5.97 Å². The Morgan fingerprint density at radius 1 is 1.17 bits per heavy atom. The number of fused-ring (bicyclic) bond motifs is 1. The fraction of sp³-hybridized carbons (Fsp3) is 0.471. The monoisotopic (exact) mass is 332 g/mol. The number of aromatic carboxylic acids is 1. The highest BCUT2D eigenvalue weighted by atomic mass is 32.1. The molecule has 0 amide bonds. The Bertz CT molecular complexity index is 845. The number of hydrogen-bond acceptors (Lipinski definition) is 3. The molecule has 23 heavy (non-hydrogen) atoms. The van der Waals surface area contributed by atoms with Crippen LogP contribution in [0.5, 0.6) is 0 Å². The Morgan fingerprint density at radius 2 is 1.83 bits per heavy atom. The summed E-state index contributed by atoms with van der Waals surface area (Å²) >= 11 is 5.39. The van der Waals surface area contributed by atoms with Gasteiger partial charge in [0, 0.05) is 6.04 Å². The number of nitrogens with zero attached hydrogens (tertiary/aromatic N) is 1. The lowest BCUT2D eigenvalue weighted by Crippen LogP contribution is -2.27. The highest BCUT2D eigenvalue weighted by molar-refractivity contribution is 7.71. The lowest BCUT2D eigenvalue weighted by molar-refractivity contribution is 0.0697. The summed E-state index contributed by atoms with van der Waals surface area (Å²) in [4.78, 5) is 27.0. The zero-order valence-electron chi connectivity index (χ0n) is 12.9.